The van der Waals surface area contributed by atoms with Crippen molar-refractivity contribution in [2.75, 3.05) is 17.2 Å². The highest BCUT2D eigenvalue weighted by Gasteiger charge is 2.13. The van der Waals surface area contributed by atoms with Crippen molar-refractivity contribution in [1.29, 1.82) is 0 Å². The number of carbonyl (C=O) groups excluding carboxylic acids is 3. The first-order valence-corrected chi connectivity index (χ1v) is 9.16. The van der Waals surface area contributed by atoms with Gasteiger partial charge in [-0.05, 0) is 43.3 Å². The van der Waals surface area contributed by atoms with Crippen LogP contribution in [0.3, 0.4) is 0 Å². The van der Waals surface area contributed by atoms with Crippen LogP contribution in [0.15, 0.2) is 54.1 Å². The summed E-state index contributed by atoms with van der Waals surface area (Å²) in [6.07, 6.45) is 0.940. The van der Waals surface area contributed by atoms with Crippen LogP contribution in [-0.2, 0) is 19.1 Å². The summed E-state index contributed by atoms with van der Waals surface area (Å²) >= 11 is 11.8. The van der Waals surface area contributed by atoms with Gasteiger partial charge < -0.3 is 20.5 Å². The third-order valence-electron chi connectivity index (χ3n) is 3.63. The van der Waals surface area contributed by atoms with Crippen LogP contribution in [-0.4, -0.2) is 35.5 Å². The lowest BCUT2D eigenvalue weighted by Gasteiger charge is -2.09. The van der Waals surface area contributed by atoms with E-state index in [4.69, 9.17) is 33.0 Å². The van der Waals surface area contributed by atoms with E-state index in [1.165, 1.54) is 31.2 Å². The fourth-order valence-corrected chi connectivity index (χ4v) is 2.48. The van der Waals surface area contributed by atoms with Gasteiger partial charge in [0.25, 0.3) is 5.91 Å². The first-order valence-electron chi connectivity index (χ1n) is 8.41. The lowest BCUT2D eigenvalue weighted by atomic mass is 10.2. The molecule has 2 aromatic rings. The van der Waals surface area contributed by atoms with E-state index in [1.807, 2.05) is 0 Å². The minimum absolute atomic E-state index is 0.120. The molecule has 0 fully saturated rings. The Hall–Kier alpha value is -3.36. The normalized spacial score (nSPS) is 10.8. The lowest BCUT2D eigenvalue weighted by molar-refractivity contribution is -0.132. The van der Waals surface area contributed by atoms with E-state index in [2.05, 4.69) is 10.6 Å². The molecule has 0 heterocycles. The Kier molecular flexibility index (Phi) is 7.97. The molecular formula is C20H16Cl2N2O6. The van der Waals surface area contributed by atoms with Crippen molar-refractivity contribution in [3.05, 3.63) is 69.7 Å². The van der Waals surface area contributed by atoms with Gasteiger partial charge in [-0.3, -0.25) is 9.59 Å². The maximum Gasteiger partial charge on any atom is 0.338 e. The SMILES string of the molecule is CC(=CC(=O)Nc1ccc(C(=O)OCC(=O)Nc2cccc(Cl)c2Cl)cc1)C(=O)O. The number of esters is 1. The Labute approximate surface area is 181 Å². The lowest BCUT2D eigenvalue weighted by Crippen LogP contribution is -2.21. The third-order valence-corrected chi connectivity index (χ3v) is 4.45. The van der Waals surface area contributed by atoms with Crippen LogP contribution in [0.1, 0.15) is 17.3 Å². The number of carbonyl (C=O) groups is 4. The molecule has 0 atom stereocenters. The molecule has 156 valence electrons. The monoisotopic (exact) mass is 450 g/mol. The van der Waals surface area contributed by atoms with E-state index >= 15 is 0 Å². The van der Waals surface area contributed by atoms with Gasteiger partial charge in [-0.2, -0.15) is 0 Å². The van der Waals surface area contributed by atoms with Gasteiger partial charge in [-0.1, -0.05) is 29.3 Å². The van der Waals surface area contributed by atoms with Gasteiger partial charge in [0.1, 0.15) is 0 Å². The van der Waals surface area contributed by atoms with Gasteiger partial charge in [0.15, 0.2) is 6.61 Å². The topological polar surface area (TPSA) is 122 Å². The van der Waals surface area contributed by atoms with Crippen LogP contribution in [0.25, 0.3) is 0 Å². The van der Waals surface area contributed by atoms with Gasteiger partial charge >= 0.3 is 11.9 Å². The highest BCUT2D eigenvalue weighted by atomic mass is 35.5. The number of ether oxygens (including phenoxy) is 1. The summed E-state index contributed by atoms with van der Waals surface area (Å²) in [4.78, 5) is 46.4. The van der Waals surface area contributed by atoms with Crippen molar-refractivity contribution in [3.8, 4) is 0 Å². The Morgan fingerprint density at radius 1 is 1.03 bits per heavy atom. The molecule has 0 aromatic heterocycles. The summed E-state index contributed by atoms with van der Waals surface area (Å²) < 4.78 is 4.94. The Morgan fingerprint density at radius 2 is 1.70 bits per heavy atom. The number of hydrogen-bond donors (Lipinski definition) is 3. The molecule has 0 unspecified atom stereocenters. The number of aliphatic carboxylic acids is 1. The zero-order chi connectivity index (χ0) is 22.3. The van der Waals surface area contributed by atoms with Crippen molar-refractivity contribution in [2.24, 2.45) is 0 Å². The molecule has 2 rings (SSSR count). The molecule has 0 spiro atoms. The quantitative estimate of drug-likeness (QED) is 0.435. The maximum absolute atomic E-state index is 12.1. The van der Waals surface area contributed by atoms with Crippen molar-refractivity contribution in [1.82, 2.24) is 0 Å². The van der Waals surface area contributed by atoms with Crippen molar-refractivity contribution in [3.63, 3.8) is 0 Å². The number of hydrogen-bond acceptors (Lipinski definition) is 5. The van der Waals surface area contributed by atoms with Crippen LogP contribution >= 0.6 is 23.2 Å². The molecule has 0 aliphatic rings. The molecule has 10 heteroatoms. The predicted molar refractivity (Wildman–Crippen MR) is 112 cm³/mol. The average Bonchev–Trinajstić information content (AvgIpc) is 2.70. The second-order valence-electron chi connectivity index (χ2n) is 5.92. The minimum atomic E-state index is -1.20. The summed E-state index contributed by atoms with van der Waals surface area (Å²) in [5, 5.41) is 14.1. The molecule has 0 saturated carbocycles. The first kappa shape index (κ1) is 22.9. The summed E-state index contributed by atoms with van der Waals surface area (Å²) in [5.41, 5.74) is 0.667. The second kappa shape index (κ2) is 10.4. The standard InChI is InChI=1S/C20H16Cl2N2O6/c1-11(19(27)28)9-16(25)23-13-7-5-12(6-8-13)20(29)30-10-17(26)24-15-4-2-3-14(21)18(15)22/h2-9H,10H2,1H3,(H,23,25)(H,24,26)(H,27,28). The second-order valence-corrected chi connectivity index (χ2v) is 6.71. The Morgan fingerprint density at radius 3 is 2.33 bits per heavy atom. The van der Waals surface area contributed by atoms with E-state index in [9.17, 15) is 19.2 Å². The van der Waals surface area contributed by atoms with Crippen molar-refractivity contribution in [2.45, 2.75) is 6.92 Å². The van der Waals surface area contributed by atoms with E-state index in [1.54, 1.807) is 18.2 Å². The number of amides is 2. The smallest absolute Gasteiger partial charge is 0.338 e. The highest BCUT2D eigenvalue weighted by Crippen LogP contribution is 2.29. The van der Waals surface area contributed by atoms with Gasteiger partial charge in [0, 0.05) is 17.3 Å². The maximum atomic E-state index is 12.1. The molecule has 3 N–H and O–H groups in total. The molecule has 2 amide bonds. The number of carboxylic acids is 1. The van der Waals surface area contributed by atoms with Crippen LogP contribution in [0.5, 0.6) is 0 Å². The van der Waals surface area contributed by atoms with Gasteiger partial charge in [-0.15, -0.1) is 0 Å². The number of anilines is 2. The van der Waals surface area contributed by atoms with Gasteiger partial charge in [-0.25, -0.2) is 9.59 Å². The van der Waals surface area contributed by atoms with Crippen molar-refractivity contribution >= 4 is 58.3 Å². The molecule has 0 aliphatic carbocycles. The van der Waals surface area contributed by atoms with Crippen molar-refractivity contribution < 1.29 is 29.0 Å². The minimum Gasteiger partial charge on any atom is -0.478 e. The summed E-state index contributed by atoms with van der Waals surface area (Å²) in [5.74, 6) is -3.18. The van der Waals surface area contributed by atoms with Crippen LogP contribution in [0, 0.1) is 0 Å². The molecule has 0 saturated heterocycles. The molecule has 0 aliphatic heterocycles. The van der Waals surface area contributed by atoms with Crippen LogP contribution < -0.4 is 10.6 Å². The molecule has 8 nitrogen and oxygen atoms in total. The molecule has 0 radical (unpaired) electrons. The fraction of sp³-hybridized carbons (Fsp3) is 0.100. The largest absolute Gasteiger partial charge is 0.478 e. The highest BCUT2D eigenvalue weighted by molar-refractivity contribution is 6.44. The number of benzene rings is 2. The van der Waals surface area contributed by atoms with Gasteiger partial charge in [0.2, 0.25) is 5.91 Å². The zero-order valence-corrected chi connectivity index (χ0v) is 17.1. The zero-order valence-electron chi connectivity index (χ0n) is 15.6. The average molecular weight is 451 g/mol. The van der Waals surface area contributed by atoms with E-state index in [0.717, 1.165) is 6.08 Å². The summed E-state index contributed by atoms with van der Waals surface area (Å²) in [6.45, 7) is 0.747. The predicted octanol–water partition coefficient (Wildman–Crippen LogP) is 3.76. The fourth-order valence-electron chi connectivity index (χ4n) is 2.13. The molecule has 30 heavy (non-hydrogen) atoms. The van der Waals surface area contributed by atoms with Gasteiger partial charge in [0.05, 0.1) is 21.3 Å². The van der Waals surface area contributed by atoms with E-state index in [-0.39, 0.29) is 26.9 Å². The first-order chi connectivity index (χ1) is 14.2. The molecule has 0 bridgehead atoms. The van der Waals surface area contributed by atoms with E-state index in [0.29, 0.717) is 5.69 Å². The summed E-state index contributed by atoms with van der Waals surface area (Å²) in [7, 11) is 0. The van der Waals surface area contributed by atoms with Crippen LogP contribution in [0.2, 0.25) is 10.0 Å². The summed E-state index contributed by atoms with van der Waals surface area (Å²) in [6, 6.07) is 10.4. The van der Waals surface area contributed by atoms with Crippen LogP contribution in [0.4, 0.5) is 11.4 Å². The van der Waals surface area contributed by atoms with E-state index < -0.39 is 30.4 Å². The third kappa shape index (κ3) is 6.61. The molecule has 2 aromatic carbocycles. The number of carboxylic acid groups (broad SMARTS) is 1. The number of nitrogens with one attached hydrogen (secondary N) is 2. The number of halogens is 2. The number of rotatable bonds is 7. The molecular weight excluding hydrogens is 435 g/mol. The Bertz CT molecular complexity index is 1020. The Balaban J connectivity index is 1.89.